The molecule has 1 N–H and O–H groups in total. The number of nitrogens with zero attached hydrogens (tertiary/aromatic N) is 1. The molecular formula is C14H24N2O2. The number of hydrogen-bond donors (Lipinski definition) is 1. The molecule has 1 amide bonds. The third-order valence-electron chi connectivity index (χ3n) is 5.10. The van der Waals surface area contributed by atoms with Gasteiger partial charge in [-0.3, -0.25) is 4.90 Å². The van der Waals surface area contributed by atoms with Crippen LogP contribution in [0.3, 0.4) is 0 Å². The van der Waals surface area contributed by atoms with Crippen molar-refractivity contribution in [3.05, 3.63) is 0 Å². The first kappa shape index (κ1) is 12.3. The summed E-state index contributed by atoms with van der Waals surface area (Å²) in [6.07, 6.45) is 7.18. The standard InChI is InChI=1S/C14H24N2O2/c1-14(11-5-4-8-15-9-11)10-18-13(17)16(14)12-6-2-3-7-12/h11-12,15H,2-10H2,1H3. The highest BCUT2D eigenvalue weighted by Gasteiger charge is 2.51. The lowest BCUT2D eigenvalue weighted by molar-refractivity contribution is 0.0684. The molecular weight excluding hydrogens is 228 g/mol. The Bertz CT molecular complexity index is 322. The molecule has 3 aliphatic rings. The van der Waals surface area contributed by atoms with Crippen LogP contribution in [0.4, 0.5) is 4.79 Å². The van der Waals surface area contributed by atoms with Crippen LogP contribution in [-0.2, 0) is 4.74 Å². The summed E-state index contributed by atoms with van der Waals surface area (Å²) in [6, 6.07) is 0.423. The monoisotopic (exact) mass is 252 g/mol. The summed E-state index contributed by atoms with van der Waals surface area (Å²) in [7, 11) is 0. The van der Waals surface area contributed by atoms with Crippen molar-refractivity contribution in [1.29, 1.82) is 0 Å². The van der Waals surface area contributed by atoms with Gasteiger partial charge in [-0.1, -0.05) is 12.8 Å². The largest absolute Gasteiger partial charge is 0.447 e. The summed E-state index contributed by atoms with van der Waals surface area (Å²) < 4.78 is 5.41. The molecule has 0 aromatic heterocycles. The van der Waals surface area contributed by atoms with Gasteiger partial charge in [0.15, 0.2) is 0 Å². The molecule has 102 valence electrons. The van der Waals surface area contributed by atoms with Gasteiger partial charge in [0.25, 0.3) is 0 Å². The highest BCUT2D eigenvalue weighted by molar-refractivity contribution is 5.71. The van der Waals surface area contributed by atoms with Gasteiger partial charge in [-0.25, -0.2) is 4.79 Å². The van der Waals surface area contributed by atoms with Gasteiger partial charge >= 0.3 is 6.09 Å². The molecule has 0 aromatic carbocycles. The van der Waals surface area contributed by atoms with Crippen LogP contribution in [0.2, 0.25) is 0 Å². The first-order valence-corrected chi connectivity index (χ1v) is 7.38. The van der Waals surface area contributed by atoms with Crippen molar-refractivity contribution in [2.45, 2.75) is 57.0 Å². The number of cyclic esters (lactones) is 1. The number of hydrogen-bond acceptors (Lipinski definition) is 3. The summed E-state index contributed by atoms with van der Waals surface area (Å²) >= 11 is 0. The lowest BCUT2D eigenvalue weighted by atomic mass is 9.79. The predicted octanol–water partition coefficient (Wildman–Crippen LogP) is 2.14. The topological polar surface area (TPSA) is 41.6 Å². The van der Waals surface area contributed by atoms with E-state index in [1.165, 1.54) is 25.7 Å². The molecule has 3 rings (SSSR count). The van der Waals surface area contributed by atoms with Crippen LogP contribution in [0.15, 0.2) is 0 Å². The van der Waals surface area contributed by atoms with Crippen molar-refractivity contribution in [1.82, 2.24) is 10.2 Å². The van der Waals surface area contributed by atoms with E-state index in [-0.39, 0.29) is 11.6 Å². The molecule has 4 heteroatoms. The SMILES string of the molecule is CC1(C2CCCNC2)COC(=O)N1C1CCCC1. The zero-order valence-corrected chi connectivity index (χ0v) is 11.3. The Balaban J connectivity index is 1.81. The minimum absolute atomic E-state index is 0.0741. The molecule has 2 unspecified atom stereocenters. The fraction of sp³-hybridized carbons (Fsp3) is 0.929. The van der Waals surface area contributed by atoms with E-state index in [0.29, 0.717) is 18.6 Å². The van der Waals surface area contributed by atoms with Gasteiger partial charge < -0.3 is 10.1 Å². The second-order valence-electron chi connectivity index (χ2n) is 6.26. The number of nitrogens with one attached hydrogen (secondary N) is 1. The Morgan fingerprint density at radius 1 is 1.28 bits per heavy atom. The Morgan fingerprint density at radius 2 is 2.06 bits per heavy atom. The van der Waals surface area contributed by atoms with Gasteiger partial charge in [0.1, 0.15) is 6.61 Å². The van der Waals surface area contributed by atoms with Gasteiger partial charge in [0.05, 0.1) is 5.54 Å². The lowest BCUT2D eigenvalue weighted by Crippen LogP contribution is -2.57. The maximum atomic E-state index is 12.1. The van der Waals surface area contributed by atoms with E-state index in [0.717, 1.165) is 25.9 Å². The van der Waals surface area contributed by atoms with Crippen LogP contribution in [0.1, 0.15) is 45.4 Å². The average Bonchev–Trinajstić information content (AvgIpc) is 3.00. The number of carbonyl (C=O) groups excluding carboxylic acids is 1. The number of carbonyl (C=O) groups is 1. The van der Waals surface area contributed by atoms with Crippen LogP contribution >= 0.6 is 0 Å². The minimum atomic E-state index is -0.0838. The Hall–Kier alpha value is -0.770. The zero-order valence-electron chi connectivity index (χ0n) is 11.3. The molecule has 0 radical (unpaired) electrons. The van der Waals surface area contributed by atoms with E-state index in [9.17, 15) is 4.79 Å². The highest BCUT2D eigenvalue weighted by atomic mass is 16.6. The smallest absolute Gasteiger partial charge is 0.410 e. The molecule has 0 aromatic rings. The maximum absolute atomic E-state index is 12.1. The number of rotatable bonds is 2. The Labute approximate surface area is 109 Å². The molecule has 2 atom stereocenters. The average molecular weight is 252 g/mol. The summed E-state index contributed by atoms with van der Waals surface area (Å²) in [5.41, 5.74) is -0.0838. The Morgan fingerprint density at radius 3 is 2.72 bits per heavy atom. The summed E-state index contributed by atoms with van der Waals surface area (Å²) in [5.74, 6) is 0.540. The third kappa shape index (κ3) is 1.91. The first-order valence-electron chi connectivity index (χ1n) is 7.38. The lowest BCUT2D eigenvalue weighted by Gasteiger charge is -2.43. The van der Waals surface area contributed by atoms with Crippen LogP contribution in [0.5, 0.6) is 0 Å². The van der Waals surface area contributed by atoms with E-state index in [1.807, 2.05) is 0 Å². The third-order valence-corrected chi connectivity index (χ3v) is 5.10. The second kappa shape index (κ2) is 4.72. The fourth-order valence-corrected chi connectivity index (χ4v) is 3.98. The van der Waals surface area contributed by atoms with Crippen molar-refractivity contribution in [2.75, 3.05) is 19.7 Å². The summed E-state index contributed by atoms with van der Waals surface area (Å²) in [4.78, 5) is 14.2. The summed E-state index contributed by atoms with van der Waals surface area (Å²) in [6.45, 7) is 4.95. The number of amides is 1. The van der Waals surface area contributed by atoms with Crippen molar-refractivity contribution >= 4 is 6.09 Å². The first-order chi connectivity index (χ1) is 8.72. The molecule has 2 saturated heterocycles. The molecule has 2 heterocycles. The molecule has 18 heavy (non-hydrogen) atoms. The molecule has 0 spiro atoms. The van der Waals surface area contributed by atoms with Gasteiger partial charge in [0, 0.05) is 12.6 Å². The van der Waals surface area contributed by atoms with Crippen molar-refractivity contribution in [3.63, 3.8) is 0 Å². The zero-order chi connectivity index (χ0) is 12.6. The van der Waals surface area contributed by atoms with Crippen LogP contribution in [0.25, 0.3) is 0 Å². The second-order valence-corrected chi connectivity index (χ2v) is 6.26. The predicted molar refractivity (Wildman–Crippen MR) is 69.4 cm³/mol. The van der Waals surface area contributed by atoms with Gasteiger partial charge in [-0.05, 0) is 45.1 Å². The highest BCUT2D eigenvalue weighted by Crippen LogP contribution is 2.40. The maximum Gasteiger partial charge on any atom is 0.410 e. The van der Waals surface area contributed by atoms with Crippen LogP contribution in [0, 0.1) is 5.92 Å². The normalized spacial score (nSPS) is 38.2. The van der Waals surface area contributed by atoms with E-state index in [2.05, 4.69) is 17.1 Å². The molecule has 3 fully saturated rings. The van der Waals surface area contributed by atoms with Crippen LogP contribution < -0.4 is 5.32 Å². The van der Waals surface area contributed by atoms with E-state index < -0.39 is 0 Å². The number of ether oxygens (including phenoxy) is 1. The molecule has 0 bridgehead atoms. The van der Waals surface area contributed by atoms with Gasteiger partial charge in [-0.15, -0.1) is 0 Å². The van der Waals surface area contributed by atoms with E-state index in [4.69, 9.17) is 4.74 Å². The van der Waals surface area contributed by atoms with Crippen molar-refractivity contribution in [2.24, 2.45) is 5.92 Å². The Kier molecular flexibility index (Phi) is 3.22. The summed E-state index contributed by atoms with van der Waals surface area (Å²) in [5, 5.41) is 3.47. The van der Waals surface area contributed by atoms with Crippen molar-refractivity contribution in [3.8, 4) is 0 Å². The minimum Gasteiger partial charge on any atom is -0.447 e. The number of piperidine rings is 1. The van der Waals surface area contributed by atoms with E-state index >= 15 is 0 Å². The van der Waals surface area contributed by atoms with Gasteiger partial charge in [-0.2, -0.15) is 0 Å². The van der Waals surface area contributed by atoms with Crippen molar-refractivity contribution < 1.29 is 9.53 Å². The molecule has 2 aliphatic heterocycles. The molecule has 1 aliphatic carbocycles. The quantitative estimate of drug-likeness (QED) is 0.818. The van der Waals surface area contributed by atoms with Crippen LogP contribution in [-0.4, -0.2) is 42.3 Å². The molecule has 4 nitrogen and oxygen atoms in total. The van der Waals surface area contributed by atoms with E-state index in [1.54, 1.807) is 0 Å². The molecule has 1 saturated carbocycles. The fourth-order valence-electron chi connectivity index (χ4n) is 3.98. The van der Waals surface area contributed by atoms with Gasteiger partial charge in [0.2, 0.25) is 0 Å².